The molecule has 0 aromatic heterocycles. The lowest BCUT2D eigenvalue weighted by atomic mass is 9.63. The highest BCUT2D eigenvalue weighted by molar-refractivity contribution is 6.15. The number of alkyl halides is 10. The van der Waals surface area contributed by atoms with Gasteiger partial charge in [0, 0.05) is 0 Å². The van der Waals surface area contributed by atoms with Crippen LogP contribution >= 0.6 is 0 Å². The third-order valence-corrected chi connectivity index (χ3v) is 5.81. The molecule has 4 rings (SSSR count). The Morgan fingerprint density at radius 1 is 0.459 bits per heavy atom. The minimum absolute atomic E-state index is 0.0608. The van der Waals surface area contributed by atoms with Gasteiger partial charge in [-0.2, -0.15) is 43.9 Å². The summed E-state index contributed by atoms with van der Waals surface area (Å²) in [6.07, 6.45) is -14.2. The zero-order valence-electron chi connectivity index (χ0n) is 17.2. The Labute approximate surface area is 196 Å². The quantitative estimate of drug-likeness (QED) is 0.307. The van der Waals surface area contributed by atoms with E-state index in [1.807, 2.05) is 0 Å². The van der Waals surface area contributed by atoms with Crippen molar-refractivity contribution in [1.29, 1.82) is 0 Å². The highest BCUT2D eigenvalue weighted by Crippen LogP contribution is 2.64. The maximum absolute atomic E-state index is 15.2. The van der Waals surface area contributed by atoms with Gasteiger partial charge in [0.25, 0.3) is 0 Å². The molecule has 2 aliphatic rings. The molecular weight excluding hydrogens is 538 g/mol. The van der Waals surface area contributed by atoms with Crippen LogP contribution in [0.1, 0.15) is 52.6 Å². The first-order valence-electron chi connectivity index (χ1n) is 9.50. The second-order valence-corrected chi connectivity index (χ2v) is 7.77. The maximum atomic E-state index is 15.2. The predicted octanol–water partition coefficient (Wildman–Crippen LogP) is 4.99. The molecule has 0 aliphatic carbocycles. The van der Waals surface area contributed by atoms with Gasteiger partial charge in [0.2, 0.25) is 0 Å². The molecular formula is C21H6F10O6. The third kappa shape index (κ3) is 3.26. The number of fused-ring (bicyclic) bond motifs is 2. The minimum Gasteiger partial charge on any atom is -0.386 e. The number of hydrogen-bond acceptors (Lipinski definition) is 6. The van der Waals surface area contributed by atoms with Gasteiger partial charge in [0.1, 0.15) is 0 Å². The van der Waals surface area contributed by atoms with E-state index >= 15 is 17.6 Å². The number of benzene rings is 2. The highest BCUT2D eigenvalue weighted by atomic mass is 19.4. The maximum Gasteiger partial charge on any atom is 0.454 e. The average Bonchev–Trinajstić information content (AvgIpc) is 3.21. The van der Waals surface area contributed by atoms with Crippen LogP contribution in [0.2, 0.25) is 0 Å². The molecule has 0 amide bonds. The highest BCUT2D eigenvalue weighted by Gasteiger charge is 2.85. The lowest BCUT2D eigenvalue weighted by molar-refractivity contribution is -0.375. The number of carbonyl (C=O) groups is 4. The molecule has 0 saturated heterocycles. The molecule has 0 radical (unpaired) electrons. The van der Waals surface area contributed by atoms with Crippen LogP contribution < -0.4 is 0 Å². The van der Waals surface area contributed by atoms with E-state index in [4.69, 9.17) is 0 Å². The van der Waals surface area contributed by atoms with Crippen LogP contribution in [0.4, 0.5) is 43.9 Å². The second-order valence-electron chi connectivity index (χ2n) is 7.77. The summed E-state index contributed by atoms with van der Waals surface area (Å²) in [7, 11) is 0. The summed E-state index contributed by atoms with van der Waals surface area (Å²) in [4.78, 5) is 47.0. The van der Waals surface area contributed by atoms with Crippen molar-refractivity contribution in [3.8, 4) is 0 Å². The predicted molar refractivity (Wildman–Crippen MR) is 95.2 cm³/mol. The van der Waals surface area contributed by atoms with Crippen molar-refractivity contribution in [3.05, 3.63) is 69.8 Å². The average molecular weight is 544 g/mol. The molecule has 0 bridgehead atoms. The van der Waals surface area contributed by atoms with Crippen molar-refractivity contribution in [2.45, 2.75) is 29.6 Å². The Balaban J connectivity index is 2.22. The van der Waals surface area contributed by atoms with Gasteiger partial charge < -0.3 is 9.47 Å². The van der Waals surface area contributed by atoms with Gasteiger partial charge in [-0.25, -0.2) is 19.2 Å². The van der Waals surface area contributed by atoms with Gasteiger partial charge in [-0.15, -0.1) is 0 Å². The molecule has 196 valence electrons. The lowest BCUT2D eigenvalue weighted by Crippen LogP contribution is -2.68. The van der Waals surface area contributed by atoms with E-state index in [9.17, 15) is 45.5 Å². The smallest absolute Gasteiger partial charge is 0.386 e. The Morgan fingerprint density at radius 2 is 0.757 bits per heavy atom. The van der Waals surface area contributed by atoms with Crippen LogP contribution in [0.3, 0.4) is 0 Å². The van der Waals surface area contributed by atoms with Gasteiger partial charge >= 0.3 is 48.1 Å². The molecule has 2 aromatic carbocycles. The number of hydrogen-bond donors (Lipinski definition) is 0. The summed E-state index contributed by atoms with van der Waals surface area (Å²) in [5, 5.41) is 0. The third-order valence-electron chi connectivity index (χ3n) is 5.81. The molecule has 6 nitrogen and oxygen atoms in total. The Hall–Kier alpha value is -3.98. The number of halogens is 10. The van der Waals surface area contributed by atoms with Crippen LogP contribution in [-0.4, -0.2) is 48.1 Å². The van der Waals surface area contributed by atoms with Crippen molar-refractivity contribution in [2.24, 2.45) is 0 Å². The Morgan fingerprint density at radius 3 is 1.05 bits per heavy atom. The van der Waals surface area contributed by atoms with Crippen LogP contribution in [0, 0.1) is 0 Å². The van der Waals surface area contributed by atoms with Crippen LogP contribution in [0.25, 0.3) is 0 Å². The fourth-order valence-electron chi connectivity index (χ4n) is 4.15. The fourth-order valence-corrected chi connectivity index (χ4v) is 4.15. The summed E-state index contributed by atoms with van der Waals surface area (Å²) in [6, 6.07) is 0.0357. The molecule has 2 aromatic rings. The lowest BCUT2D eigenvalue weighted by Gasteiger charge is -2.46. The first kappa shape index (κ1) is 26.1. The molecule has 0 saturated carbocycles. The SMILES string of the molecule is O=C1OC(=O)c2cc(C(c3ccc4c(c3)C(=O)OC4=O)(C(F)(F)C(F)(F)F)C(F)(F)C(F)(F)F)ccc21. The first-order valence-corrected chi connectivity index (χ1v) is 9.50. The molecule has 0 spiro atoms. The Bertz CT molecular complexity index is 1280. The van der Waals surface area contributed by atoms with Crippen molar-refractivity contribution in [1.82, 2.24) is 0 Å². The summed E-state index contributed by atoms with van der Waals surface area (Å²) >= 11 is 0. The van der Waals surface area contributed by atoms with Gasteiger partial charge in [-0.1, -0.05) is 12.1 Å². The van der Waals surface area contributed by atoms with Gasteiger partial charge in [0.15, 0.2) is 5.41 Å². The van der Waals surface area contributed by atoms with Crippen LogP contribution in [-0.2, 0) is 14.9 Å². The van der Waals surface area contributed by atoms with Crippen molar-refractivity contribution in [3.63, 3.8) is 0 Å². The van der Waals surface area contributed by atoms with E-state index in [2.05, 4.69) is 9.47 Å². The van der Waals surface area contributed by atoms with E-state index in [1.54, 1.807) is 0 Å². The first-order chi connectivity index (χ1) is 16.8. The molecule has 16 heteroatoms. The molecule has 2 aliphatic heterocycles. The number of carbonyl (C=O) groups excluding carboxylic acids is 4. The van der Waals surface area contributed by atoms with E-state index in [0.29, 0.717) is 0 Å². The zero-order chi connectivity index (χ0) is 27.9. The van der Waals surface area contributed by atoms with Crippen molar-refractivity contribution < 1.29 is 72.6 Å². The number of esters is 4. The zero-order valence-corrected chi connectivity index (χ0v) is 17.2. The second kappa shape index (κ2) is 7.52. The Kier molecular flexibility index (Phi) is 5.30. The minimum atomic E-state index is -7.09. The van der Waals surface area contributed by atoms with E-state index in [1.165, 1.54) is 0 Å². The largest absolute Gasteiger partial charge is 0.454 e. The summed E-state index contributed by atoms with van der Waals surface area (Å²) in [6.45, 7) is 0. The summed E-state index contributed by atoms with van der Waals surface area (Å²) in [5.41, 5.74) is -13.9. The van der Waals surface area contributed by atoms with E-state index in [-0.39, 0.29) is 36.4 Å². The fraction of sp³-hybridized carbons (Fsp3) is 0.238. The van der Waals surface area contributed by atoms with Crippen molar-refractivity contribution >= 4 is 23.9 Å². The summed E-state index contributed by atoms with van der Waals surface area (Å²) in [5.74, 6) is -20.3. The molecule has 0 N–H and O–H groups in total. The molecule has 2 heterocycles. The molecule has 0 atom stereocenters. The van der Waals surface area contributed by atoms with Crippen LogP contribution in [0.15, 0.2) is 36.4 Å². The standard InChI is InChI=1S/C21H6F10O6/c22-18(23,20(26,27)28)17(19(24,25)21(29,30)31,7-1-3-9-11(5-7)15(34)36-13(9)32)8-2-4-10-12(6-8)16(35)37-14(10)33/h1-6H. The van der Waals surface area contributed by atoms with Crippen molar-refractivity contribution in [2.75, 3.05) is 0 Å². The monoisotopic (exact) mass is 544 g/mol. The number of cyclic esters (lactones) is 4. The van der Waals surface area contributed by atoms with E-state index in [0.717, 1.165) is 0 Å². The number of rotatable bonds is 4. The molecule has 0 fully saturated rings. The molecule has 0 unspecified atom stereocenters. The topological polar surface area (TPSA) is 86.7 Å². The van der Waals surface area contributed by atoms with Gasteiger partial charge in [-0.3, -0.25) is 0 Å². The molecule has 37 heavy (non-hydrogen) atoms. The van der Waals surface area contributed by atoms with Crippen LogP contribution in [0.5, 0.6) is 0 Å². The van der Waals surface area contributed by atoms with E-state index < -0.39 is 86.9 Å². The number of ether oxygens (including phenoxy) is 2. The summed E-state index contributed by atoms with van der Waals surface area (Å²) < 4.78 is 151. The normalized spacial score (nSPS) is 16.5. The van der Waals surface area contributed by atoms with Gasteiger partial charge in [0.05, 0.1) is 22.3 Å². The van der Waals surface area contributed by atoms with Gasteiger partial charge in [-0.05, 0) is 35.4 Å².